The van der Waals surface area contributed by atoms with Crippen LogP contribution in [0.15, 0.2) is 48.8 Å². The third kappa shape index (κ3) is 3.33. The molecule has 0 N–H and O–H groups in total. The molecule has 0 unspecified atom stereocenters. The van der Waals surface area contributed by atoms with Crippen molar-refractivity contribution in [3.63, 3.8) is 0 Å². The van der Waals surface area contributed by atoms with Gasteiger partial charge in [0.2, 0.25) is 0 Å². The summed E-state index contributed by atoms with van der Waals surface area (Å²) in [5.74, 6) is 0.760. The molecule has 6 nitrogen and oxygen atoms in total. The van der Waals surface area contributed by atoms with Gasteiger partial charge in [-0.2, -0.15) is 5.10 Å². The largest absolute Gasteiger partial charge is 0.484 e. The molecular formula is C19H20N4O2. The van der Waals surface area contributed by atoms with E-state index >= 15 is 0 Å². The lowest BCUT2D eigenvalue weighted by molar-refractivity contribution is -0.134. The van der Waals surface area contributed by atoms with Crippen molar-refractivity contribution in [1.29, 1.82) is 0 Å². The molecule has 1 fully saturated rings. The third-order valence-corrected chi connectivity index (χ3v) is 4.52. The SMILES string of the molecule is O=C(COc1ccc(-c2cccc3ncnn23)cc1)N1CCCCC1. The van der Waals surface area contributed by atoms with Crippen LogP contribution in [0.1, 0.15) is 19.3 Å². The van der Waals surface area contributed by atoms with Crippen LogP contribution in [-0.2, 0) is 4.79 Å². The van der Waals surface area contributed by atoms with Gasteiger partial charge in [-0.05, 0) is 55.7 Å². The van der Waals surface area contributed by atoms with E-state index < -0.39 is 0 Å². The first-order chi connectivity index (χ1) is 12.3. The molecule has 25 heavy (non-hydrogen) atoms. The van der Waals surface area contributed by atoms with Gasteiger partial charge >= 0.3 is 0 Å². The molecule has 1 aliphatic heterocycles. The Bertz CT molecular complexity index is 867. The molecule has 6 heteroatoms. The molecule has 1 aromatic carbocycles. The summed E-state index contributed by atoms with van der Waals surface area (Å²) in [7, 11) is 0. The maximum Gasteiger partial charge on any atom is 0.260 e. The van der Waals surface area contributed by atoms with Crippen molar-refractivity contribution >= 4 is 11.6 Å². The number of carbonyl (C=O) groups excluding carboxylic acids is 1. The fourth-order valence-corrected chi connectivity index (χ4v) is 3.17. The van der Waals surface area contributed by atoms with Gasteiger partial charge < -0.3 is 9.64 Å². The van der Waals surface area contributed by atoms with Crippen molar-refractivity contribution in [3.8, 4) is 17.0 Å². The van der Waals surface area contributed by atoms with E-state index in [1.807, 2.05) is 47.4 Å². The van der Waals surface area contributed by atoms with Gasteiger partial charge in [0.25, 0.3) is 5.91 Å². The van der Waals surface area contributed by atoms with E-state index in [2.05, 4.69) is 10.1 Å². The molecule has 1 saturated heterocycles. The highest BCUT2D eigenvalue weighted by molar-refractivity contribution is 5.77. The normalized spacial score (nSPS) is 14.6. The van der Waals surface area contributed by atoms with E-state index in [-0.39, 0.29) is 12.5 Å². The van der Waals surface area contributed by atoms with Crippen molar-refractivity contribution in [1.82, 2.24) is 19.5 Å². The Balaban J connectivity index is 1.43. The molecule has 0 aliphatic carbocycles. The number of amides is 1. The number of aromatic nitrogens is 3. The standard InChI is InChI=1S/C19H20N4O2/c24-19(22-11-2-1-3-12-22)13-25-16-9-7-15(8-10-16)17-5-4-6-18-20-14-21-23(17)18/h4-10,14H,1-3,11-13H2. The molecule has 0 radical (unpaired) electrons. The number of benzene rings is 1. The number of rotatable bonds is 4. The van der Waals surface area contributed by atoms with E-state index in [4.69, 9.17) is 4.74 Å². The van der Waals surface area contributed by atoms with Gasteiger partial charge in [-0.3, -0.25) is 4.79 Å². The first-order valence-electron chi connectivity index (χ1n) is 8.61. The number of carbonyl (C=O) groups is 1. The second-order valence-corrected chi connectivity index (χ2v) is 6.20. The van der Waals surface area contributed by atoms with Crippen LogP contribution in [0.2, 0.25) is 0 Å². The average molecular weight is 336 g/mol. The third-order valence-electron chi connectivity index (χ3n) is 4.52. The highest BCUT2D eigenvalue weighted by atomic mass is 16.5. The Morgan fingerprint density at radius 2 is 1.84 bits per heavy atom. The number of piperidine rings is 1. The molecule has 0 bridgehead atoms. The first kappa shape index (κ1) is 15.6. The predicted octanol–water partition coefficient (Wildman–Crippen LogP) is 2.79. The number of hydrogen-bond acceptors (Lipinski definition) is 4. The first-order valence-corrected chi connectivity index (χ1v) is 8.61. The molecule has 2 aromatic heterocycles. The van der Waals surface area contributed by atoms with Gasteiger partial charge in [0.05, 0.1) is 5.69 Å². The van der Waals surface area contributed by atoms with Crippen molar-refractivity contribution in [2.45, 2.75) is 19.3 Å². The highest BCUT2D eigenvalue weighted by Gasteiger charge is 2.16. The summed E-state index contributed by atoms with van der Waals surface area (Å²) in [6.45, 7) is 1.80. The number of pyridine rings is 1. The zero-order valence-electron chi connectivity index (χ0n) is 14.0. The Labute approximate surface area is 146 Å². The van der Waals surface area contributed by atoms with E-state index in [9.17, 15) is 4.79 Å². The summed E-state index contributed by atoms with van der Waals surface area (Å²) in [5, 5.41) is 4.25. The van der Waals surface area contributed by atoms with E-state index in [1.165, 1.54) is 6.42 Å². The fourth-order valence-electron chi connectivity index (χ4n) is 3.17. The monoisotopic (exact) mass is 336 g/mol. The topological polar surface area (TPSA) is 59.7 Å². The van der Waals surface area contributed by atoms with Crippen LogP contribution in [0.3, 0.4) is 0 Å². The van der Waals surface area contributed by atoms with Gasteiger partial charge in [-0.15, -0.1) is 0 Å². The van der Waals surface area contributed by atoms with E-state index in [0.717, 1.165) is 42.8 Å². The minimum Gasteiger partial charge on any atom is -0.484 e. The van der Waals surface area contributed by atoms with Gasteiger partial charge in [-0.25, -0.2) is 9.50 Å². The summed E-state index contributed by atoms with van der Waals surface area (Å²) in [5.41, 5.74) is 2.79. The maximum absolute atomic E-state index is 12.2. The maximum atomic E-state index is 12.2. The number of likely N-dealkylation sites (tertiary alicyclic amines) is 1. The molecule has 128 valence electrons. The summed E-state index contributed by atoms with van der Waals surface area (Å²) in [6.07, 6.45) is 4.94. The summed E-state index contributed by atoms with van der Waals surface area (Å²) in [4.78, 5) is 18.3. The van der Waals surface area contributed by atoms with Crippen LogP contribution in [0, 0.1) is 0 Å². The number of ether oxygens (including phenoxy) is 1. The summed E-state index contributed by atoms with van der Waals surface area (Å²) in [6, 6.07) is 13.6. The van der Waals surface area contributed by atoms with Crippen molar-refractivity contribution in [3.05, 3.63) is 48.8 Å². The van der Waals surface area contributed by atoms with Crippen LogP contribution < -0.4 is 4.74 Å². The molecule has 3 heterocycles. The predicted molar refractivity (Wildman–Crippen MR) is 94.3 cm³/mol. The van der Waals surface area contributed by atoms with Crippen molar-refractivity contribution in [2.24, 2.45) is 0 Å². The number of nitrogens with zero attached hydrogens (tertiary/aromatic N) is 4. The molecule has 0 atom stereocenters. The molecule has 0 saturated carbocycles. The highest BCUT2D eigenvalue weighted by Crippen LogP contribution is 2.22. The molecule has 1 amide bonds. The summed E-state index contributed by atoms with van der Waals surface area (Å²) >= 11 is 0. The minimum absolute atomic E-state index is 0.0659. The lowest BCUT2D eigenvalue weighted by atomic mass is 10.1. The van der Waals surface area contributed by atoms with Gasteiger partial charge in [0.1, 0.15) is 12.1 Å². The minimum atomic E-state index is 0.0659. The molecule has 0 spiro atoms. The molecular weight excluding hydrogens is 316 g/mol. The zero-order chi connectivity index (χ0) is 17.1. The Kier molecular flexibility index (Phi) is 4.33. The second-order valence-electron chi connectivity index (χ2n) is 6.20. The Hall–Kier alpha value is -2.89. The van der Waals surface area contributed by atoms with Crippen LogP contribution in [-0.4, -0.2) is 45.1 Å². The smallest absolute Gasteiger partial charge is 0.260 e. The lowest BCUT2D eigenvalue weighted by Gasteiger charge is -2.26. The molecule has 4 rings (SSSR count). The Morgan fingerprint density at radius 1 is 1.04 bits per heavy atom. The number of fused-ring (bicyclic) bond motifs is 1. The quantitative estimate of drug-likeness (QED) is 0.735. The molecule has 3 aromatic rings. The molecule has 1 aliphatic rings. The lowest BCUT2D eigenvalue weighted by Crippen LogP contribution is -2.38. The van der Waals surface area contributed by atoms with Crippen LogP contribution in [0.25, 0.3) is 16.9 Å². The van der Waals surface area contributed by atoms with Crippen LogP contribution in [0.4, 0.5) is 0 Å². The van der Waals surface area contributed by atoms with Crippen molar-refractivity contribution < 1.29 is 9.53 Å². The van der Waals surface area contributed by atoms with Gasteiger partial charge in [-0.1, -0.05) is 6.07 Å². The van der Waals surface area contributed by atoms with Gasteiger partial charge in [0.15, 0.2) is 12.3 Å². The van der Waals surface area contributed by atoms with Gasteiger partial charge in [0, 0.05) is 18.7 Å². The zero-order valence-corrected chi connectivity index (χ0v) is 14.0. The average Bonchev–Trinajstić information content (AvgIpc) is 3.16. The summed E-state index contributed by atoms with van der Waals surface area (Å²) < 4.78 is 7.46. The van der Waals surface area contributed by atoms with E-state index in [1.54, 1.807) is 10.8 Å². The van der Waals surface area contributed by atoms with Crippen LogP contribution in [0.5, 0.6) is 5.75 Å². The van der Waals surface area contributed by atoms with Crippen molar-refractivity contribution in [2.75, 3.05) is 19.7 Å². The fraction of sp³-hybridized carbons (Fsp3) is 0.316. The Morgan fingerprint density at radius 3 is 2.64 bits per heavy atom. The second kappa shape index (κ2) is 6.93. The van der Waals surface area contributed by atoms with E-state index in [0.29, 0.717) is 5.75 Å². The van der Waals surface area contributed by atoms with Crippen LogP contribution >= 0.6 is 0 Å². The number of hydrogen-bond donors (Lipinski definition) is 0.